The molecule has 1 aliphatic heterocycles. The van der Waals surface area contributed by atoms with Crippen LogP contribution in [0.1, 0.15) is 40.5 Å². The van der Waals surface area contributed by atoms with E-state index in [2.05, 4.69) is 33.5 Å². The summed E-state index contributed by atoms with van der Waals surface area (Å²) in [4.78, 5) is 27.0. The Bertz CT molecular complexity index is 979. The minimum Gasteiger partial charge on any atom is -0.492 e. The molecular weight excluding hydrogens is 494 g/mol. The van der Waals surface area contributed by atoms with E-state index in [4.69, 9.17) is 21.7 Å². The predicted molar refractivity (Wildman–Crippen MR) is 131 cm³/mol. The number of anilines is 1. The Morgan fingerprint density at radius 1 is 1.16 bits per heavy atom. The fourth-order valence-corrected chi connectivity index (χ4v) is 3.81. The van der Waals surface area contributed by atoms with Crippen molar-refractivity contribution < 1.29 is 19.1 Å². The molecule has 1 aliphatic rings. The molecule has 0 bridgehead atoms. The van der Waals surface area contributed by atoms with Crippen molar-refractivity contribution in [3.8, 4) is 5.75 Å². The molecule has 32 heavy (non-hydrogen) atoms. The fourth-order valence-electron chi connectivity index (χ4n) is 3.10. The van der Waals surface area contributed by atoms with E-state index in [0.717, 1.165) is 12.8 Å². The Labute approximate surface area is 201 Å². The summed E-state index contributed by atoms with van der Waals surface area (Å²) in [5, 5.41) is 5.78. The molecule has 0 unspecified atom stereocenters. The van der Waals surface area contributed by atoms with Crippen molar-refractivity contribution in [2.45, 2.75) is 19.8 Å². The number of ether oxygens (including phenoxy) is 2. The summed E-state index contributed by atoms with van der Waals surface area (Å²) >= 11 is 8.73. The molecule has 0 aromatic heterocycles. The van der Waals surface area contributed by atoms with Gasteiger partial charge in [0.2, 0.25) is 0 Å². The first-order valence-corrected chi connectivity index (χ1v) is 11.7. The normalized spacial score (nSPS) is 13.4. The highest BCUT2D eigenvalue weighted by molar-refractivity contribution is 9.10. The van der Waals surface area contributed by atoms with Gasteiger partial charge in [-0.1, -0.05) is 19.4 Å². The summed E-state index contributed by atoms with van der Waals surface area (Å²) in [6.45, 7) is 4.96. The lowest BCUT2D eigenvalue weighted by Crippen LogP contribution is -2.40. The van der Waals surface area contributed by atoms with Crippen LogP contribution in [-0.4, -0.2) is 54.7 Å². The molecule has 2 N–H and O–H groups in total. The lowest BCUT2D eigenvalue weighted by molar-refractivity contribution is 0.0303. The number of unbranched alkanes of at least 4 members (excludes halogenated alkanes) is 1. The molecule has 0 spiro atoms. The van der Waals surface area contributed by atoms with Crippen LogP contribution in [0.25, 0.3) is 0 Å². The van der Waals surface area contributed by atoms with Gasteiger partial charge in [-0.3, -0.25) is 14.9 Å². The second-order valence-electron chi connectivity index (χ2n) is 7.24. The maximum absolute atomic E-state index is 12.7. The minimum atomic E-state index is -0.344. The number of hydrogen-bond donors (Lipinski definition) is 2. The van der Waals surface area contributed by atoms with Gasteiger partial charge in [-0.15, -0.1) is 0 Å². The Kier molecular flexibility index (Phi) is 9.01. The number of carbonyl (C=O) groups excluding carboxylic acids is 2. The zero-order valence-corrected chi connectivity index (χ0v) is 20.3. The first-order valence-electron chi connectivity index (χ1n) is 10.5. The monoisotopic (exact) mass is 519 g/mol. The molecule has 3 rings (SSSR count). The van der Waals surface area contributed by atoms with Gasteiger partial charge in [0, 0.05) is 29.9 Å². The lowest BCUT2D eigenvalue weighted by atomic mass is 10.1. The molecular formula is C23H26BrN3O4S. The third-order valence-electron chi connectivity index (χ3n) is 4.84. The Balaban J connectivity index is 1.57. The number of morpholine rings is 1. The predicted octanol–water partition coefficient (Wildman–Crippen LogP) is 4.23. The zero-order chi connectivity index (χ0) is 22.9. The highest BCUT2D eigenvalue weighted by atomic mass is 79.9. The van der Waals surface area contributed by atoms with Crippen molar-refractivity contribution >= 4 is 50.8 Å². The summed E-state index contributed by atoms with van der Waals surface area (Å²) in [6, 6.07) is 12.2. The largest absolute Gasteiger partial charge is 0.492 e. The van der Waals surface area contributed by atoms with Gasteiger partial charge < -0.3 is 19.7 Å². The van der Waals surface area contributed by atoms with E-state index < -0.39 is 0 Å². The molecule has 170 valence electrons. The van der Waals surface area contributed by atoms with E-state index in [1.807, 2.05) is 0 Å². The molecule has 2 aromatic carbocycles. The molecule has 0 saturated carbocycles. The quantitative estimate of drug-likeness (QED) is 0.421. The number of nitrogens with zero attached hydrogens (tertiary/aromatic N) is 1. The van der Waals surface area contributed by atoms with Crippen LogP contribution in [0.4, 0.5) is 5.69 Å². The van der Waals surface area contributed by atoms with Gasteiger partial charge in [0.1, 0.15) is 5.75 Å². The first-order chi connectivity index (χ1) is 15.5. The molecule has 7 nitrogen and oxygen atoms in total. The van der Waals surface area contributed by atoms with Gasteiger partial charge in [-0.25, -0.2) is 0 Å². The van der Waals surface area contributed by atoms with E-state index in [0.29, 0.717) is 59.9 Å². The van der Waals surface area contributed by atoms with Crippen molar-refractivity contribution in [1.29, 1.82) is 0 Å². The average molecular weight is 520 g/mol. The maximum Gasteiger partial charge on any atom is 0.257 e. The van der Waals surface area contributed by atoms with Gasteiger partial charge in [0.05, 0.1) is 24.3 Å². The molecule has 1 fully saturated rings. The van der Waals surface area contributed by atoms with Crippen molar-refractivity contribution in [2.75, 3.05) is 38.2 Å². The highest BCUT2D eigenvalue weighted by Gasteiger charge is 2.19. The third-order valence-corrected chi connectivity index (χ3v) is 5.67. The zero-order valence-electron chi connectivity index (χ0n) is 17.9. The summed E-state index contributed by atoms with van der Waals surface area (Å²) in [7, 11) is 0. The van der Waals surface area contributed by atoms with Crippen LogP contribution in [0.2, 0.25) is 0 Å². The number of rotatable bonds is 7. The molecule has 0 atom stereocenters. The minimum absolute atomic E-state index is 0.0574. The summed E-state index contributed by atoms with van der Waals surface area (Å²) in [5.41, 5.74) is 1.61. The summed E-state index contributed by atoms with van der Waals surface area (Å²) in [5.74, 6) is 0.291. The van der Waals surface area contributed by atoms with Crippen molar-refractivity contribution in [1.82, 2.24) is 10.2 Å². The molecule has 1 saturated heterocycles. The van der Waals surface area contributed by atoms with E-state index >= 15 is 0 Å². The van der Waals surface area contributed by atoms with Gasteiger partial charge in [-0.05, 0) is 71.0 Å². The Hall–Kier alpha value is -2.49. The lowest BCUT2D eigenvalue weighted by Gasteiger charge is -2.27. The number of benzene rings is 2. The molecule has 0 aliphatic carbocycles. The number of carbonyl (C=O) groups is 2. The van der Waals surface area contributed by atoms with E-state index in [1.54, 1.807) is 47.4 Å². The van der Waals surface area contributed by atoms with Crippen LogP contribution in [0, 0.1) is 0 Å². The summed E-state index contributed by atoms with van der Waals surface area (Å²) < 4.78 is 11.7. The second kappa shape index (κ2) is 11.9. The molecule has 9 heteroatoms. The van der Waals surface area contributed by atoms with Crippen LogP contribution in [0.5, 0.6) is 5.75 Å². The second-order valence-corrected chi connectivity index (χ2v) is 8.50. The van der Waals surface area contributed by atoms with Crippen molar-refractivity contribution in [2.24, 2.45) is 0 Å². The number of halogens is 1. The van der Waals surface area contributed by atoms with Crippen LogP contribution < -0.4 is 15.4 Å². The van der Waals surface area contributed by atoms with Gasteiger partial charge in [0.15, 0.2) is 5.11 Å². The van der Waals surface area contributed by atoms with Gasteiger partial charge in [0.25, 0.3) is 11.8 Å². The van der Waals surface area contributed by atoms with Crippen LogP contribution in [0.15, 0.2) is 46.9 Å². The van der Waals surface area contributed by atoms with Gasteiger partial charge >= 0.3 is 0 Å². The van der Waals surface area contributed by atoms with Gasteiger partial charge in [-0.2, -0.15) is 0 Å². The van der Waals surface area contributed by atoms with E-state index in [1.165, 1.54) is 0 Å². The number of amides is 2. The first kappa shape index (κ1) is 24.2. The summed E-state index contributed by atoms with van der Waals surface area (Å²) in [6.07, 6.45) is 2.01. The maximum atomic E-state index is 12.7. The smallest absolute Gasteiger partial charge is 0.257 e. The number of nitrogens with one attached hydrogen (secondary N) is 2. The third kappa shape index (κ3) is 6.75. The fraction of sp³-hybridized carbons (Fsp3) is 0.348. The Morgan fingerprint density at radius 2 is 1.94 bits per heavy atom. The number of hydrogen-bond acceptors (Lipinski definition) is 5. The molecule has 1 heterocycles. The SMILES string of the molecule is CCCCOc1ccc(C(=O)NC(=S)Nc2cccc(C(=O)N3CCOCC3)c2)cc1Br. The topological polar surface area (TPSA) is 79.9 Å². The van der Waals surface area contributed by atoms with E-state index in [9.17, 15) is 9.59 Å². The standard InChI is InChI=1S/C23H26BrN3O4S/c1-2-3-11-31-20-8-7-16(15-19(20)24)21(28)26-23(32)25-18-6-4-5-17(14-18)22(29)27-9-12-30-13-10-27/h4-8,14-15H,2-3,9-13H2,1H3,(H2,25,26,28,32). The molecule has 2 amide bonds. The highest BCUT2D eigenvalue weighted by Crippen LogP contribution is 2.26. The van der Waals surface area contributed by atoms with Crippen molar-refractivity contribution in [3.05, 3.63) is 58.1 Å². The number of thiocarbonyl (C=S) groups is 1. The average Bonchev–Trinajstić information content (AvgIpc) is 2.80. The van der Waals surface area contributed by atoms with Crippen LogP contribution in [-0.2, 0) is 4.74 Å². The van der Waals surface area contributed by atoms with E-state index in [-0.39, 0.29) is 16.9 Å². The Morgan fingerprint density at radius 3 is 2.66 bits per heavy atom. The van der Waals surface area contributed by atoms with Crippen molar-refractivity contribution in [3.63, 3.8) is 0 Å². The molecule has 2 aromatic rings. The van der Waals surface area contributed by atoms with Crippen LogP contribution >= 0.6 is 28.1 Å². The van der Waals surface area contributed by atoms with Crippen LogP contribution in [0.3, 0.4) is 0 Å². The molecule has 0 radical (unpaired) electrons.